The van der Waals surface area contributed by atoms with Gasteiger partial charge in [0.15, 0.2) is 0 Å². The van der Waals surface area contributed by atoms with Crippen LogP contribution < -0.4 is 5.32 Å². The standard InChI is InChI=1S/C25H27NO4/c1-16(2)13-22(24(27)28)26-23(25(29)30)15-17-7-5-10-19(14-17)21-12-6-9-18-8-3-4-11-20(18)21/h3-12,14,16,22-23,26H,13,15H2,1-2H3,(H,27,28)(H,29,30). The van der Waals surface area contributed by atoms with Gasteiger partial charge in [-0.15, -0.1) is 0 Å². The van der Waals surface area contributed by atoms with Crippen LogP contribution in [0.15, 0.2) is 66.7 Å². The van der Waals surface area contributed by atoms with Gasteiger partial charge in [0.1, 0.15) is 12.1 Å². The number of benzene rings is 3. The Hall–Kier alpha value is -3.18. The van der Waals surface area contributed by atoms with Crippen LogP contribution in [0.5, 0.6) is 0 Å². The number of hydrogen-bond acceptors (Lipinski definition) is 3. The zero-order chi connectivity index (χ0) is 21.7. The van der Waals surface area contributed by atoms with Crippen molar-refractivity contribution in [2.45, 2.75) is 38.8 Å². The number of aliphatic carboxylic acids is 2. The van der Waals surface area contributed by atoms with Crippen molar-refractivity contribution in [1.82, 2.24) is 5.32 Å². The molecule has 0 aromatic heterocycles. The molecule has 0 radical (unpaired) electrons. The van der Waals surface area contributed by atoms with Crippen molar-refractivity contribution in [3.63, 3.8) is 0 Å². The van der Waals surface area contributed by atoms with Gasteiger partial charge in [0, 0.05) is 0 Å². The quantitative estimate of drug-likeness (QED) is 0.485. The van der Waals surface area contributed by atoms with Crippen molar-refractivity contribution in [2.75, 3.05) is 0 Å². The summed E-state index contributed by atoms with van der Waals surface area (Å²) in [7, 11) is 0. The number of fused-ring (bicyclic) bond motifs is 1. The summed E-state index contributed by atoms with van der Waals surface area (Å²) in [6.07, 6.45) is 0.574. The third kappa shape index (κ3) is 5.24. The monoisotopic (exact) mass is 405 g/mol. The van der Waals surface area contributed by atoms with Crippen molar-refractivity contribution < 1.29 is 19.8 Å². The lowest BCUT2D eigenvalue weighted by molar-refractivity contribution is -0.142. The molecule has 3 rings (SSSR count). The molecule has 5 heteroatoms. The lowest BCUT2D eigenvalue weighted by Gasteiger charge is -2.22. The molecule has 0 fully saturated rings. The van der Waals surface area contributed by atoms with Crippen molar-refractivity contribution in [2.24, 2.45) is 5.92 Å². The van der Waals surface area contributed by atoms with Crippen LogP contribution in [0.3, 0.4) is 0 Å². The van der Waals surface area contributed by atoms with Gasteiger partial charge in [-0.1, -0.05) is 80.6 Å². The van der Waals surface area contributed by atoms with Crippen molar-refractivity contribution in [3.05, 3.63) is 72.3 Å². The molecule has 0 amide bonds. The second kappa shape index (κ2) is 9.55. The third-order valence-electron chi connectivity index (χ3n) is 5.17. The minimum Gasteiger partial charge on any atom is -0.480 e. The summed E-state index contributed by atoms with van der Waals surface area (Å²) in [6, 6.07) is 20.2. The molecule has 0 aliphatic carbocycles. The fourth-order valence-corrected chi connectivity index (χ4v) is 3.75. The molecular weight excluding hydrogens is 378 g/mol. The van der Waals surface area contributed by atoms with E-state index in [1.165, 1.54) is 0 Å². The molecule has 5 nitrogen and oxygen atoms in total. The largest absolute Gasteiger partial charge is 0.480 e. The third-order valence-corrected chi connectivity index (χ3v) is 5.17. The van der Waals surface area contributed by atoms with E-state index in [1.54, 1.807) is 0 Å². The molecule has 0 spiro atoms. The number of nitrogens with one attached hydrogen (secondary N) is 1. The van der Waals surface area contributed by atoms with E-state index in [1.807, 2.05) is 56.3 Å². The SMILES string of the molecule is CC(C)CC(NC(Cc1cccc(-c2cccc3ccccc23)c1)C(=O)O)C(=O)O. The molecule has 3 aromatic rings. The van der Waals surface area contributed by atoms with E-state index in [-0.39, 0.29) is 12.3 Å². The van der Waals surface area contributed by atoms with Crippen LogP contribution in [0.25, 0.3) is 21.9 Å². The van der Waals surface area contributed by atoms with E-state index in [2.05, 4.69) is 29.6 Å². The minimum atomic E-state index is -1.06. The summed E-state index contributed by atoms with van der Waals surface area (Å²) in [5, 5.41) is 24.2. The molecule has 0 saturated heterocycles. The Morgan fingerprint density at radius 2 is 1.53 bits per heavy atom. The number of carboxylic acid groups (broad SMARTS) is 2. The van der Waals surface area contributed by atoms with Crippen LogP contribution >= 0.6 is 0 Å². The molecule has 3 aromatic carbocycles. The summed E-state index contributed by atoms with van der Waals surface area (Å²) in [5.41, 5.74) is 2.93. The Kier molecular flexibility index (Phi) is 6.85. The van der Waals surface area contributed by atoms with Crippen LogP contribution in [-0.4, -0.2) is 34.2 Å². The van der Waals surface area contributed by atoms with E-state index in [4.69, 9.17) is 0 Å². The molecule has 0 aliphatic rings. The highest BCUT2D eigenvalue weighted by atomic mass is 16.4. The molecular formula is C25H27NO4. The highest BCUT2D eigenvalue weighted by molar-refractivity contribution is 5.96. The maximum atomic E-state index is 11.8. The van der Waals surface area contributed by atoms with E-state index >= 15 is 0 Å². The fourth-order valence-electron chi connectivity index (χ4n) is 3.75. The van der Waals surface area contributed by atoms with Gasteiger partial charge in [-0.05, 0) is 46.2 Å². The lowest BCUT2D eigenvalue weighted by Crippen LogP contribution is -2.48. The first-order valence-electron chi connectivity index (χ1n) is 10.1. The molecule has 2 unspecified atom stereocenters. The maximum absolute atomic E-state index is 11.8. The van der Waals surface area contributed by atoms with Crippen LogP contribution in [0, 0.1) is 5.92 Å². The summed E-state index contributed by atoms with van der Waals surface area (Å²) >= 11 is 0. The highest BCUT2D eigenvalue weighted by Gasteiger charge is 2.26. The molecule has 0 heterocycles. The first-order chi connectivity index (χ1) is 14.3. The summed E-state index contributed by atoms with van der Waals surface area (Å²) < 4.78 is 0. The smallest absolute Gasteiger partial charge is 0.321 e. The zero-order valence-electron chi connectivity index (χ0n) is 17.2. The van der Waals surface area contributed by atoms with Gasteiger partial charge < -0.3 is 10.2 Å². The molecule has 156 valence electrons. The molecule has 0 aliphatic heterocycles. The first kappa shape index (κ1) is 21.5. The van der Waals surface area contributed by atoms with Crippen LogP contribution in [0.2, 0.25) is 0 Å². The molecule has 30 heavy (non-hydrogen) atoms. The van der Waals surface area contributed by atoms with Gasteiger partial charge in [0.25, 0.3) is 0 Å². The Bertz CT molecular complexity index is 1040. The van der Waals surface area contributed by atoms with Gasteiger partial charge in [0.05, 0.1) is 0 Å². The first-order valence-corrected chi connectivity index (χ1v) is 10.1. The maximum Gasteiger partial charge on any atom is 0.321 e. The van der Waals surface area contributed by atoms with Crippen molar-refractivity contribution >= 4 is 22.7 Å². The summed E-state index contributed by atoms with van der Waals surface area (Å²) in [6.45, 7) is 3.84. The van der Waals surface area contributed by atoms with E-state index < -0.39 is 24.0 Å². The lowest BCUT2D eigenvalue weighted by atomic mass is 9.95. The van der Waals surface area contributed by atoms with Crippen molar-refractivity contribution in [1.29, 1.82) is 0 Å². The number of carboxylic acids is 2. The van der Waals surface area contributed by atoms with Crippen LogP contribution in [-0.2, 0) is 16.0 Å². The predicted octanol–water partition coefficient (Wildman–Crippen LogP) is 4.59. The predicted molar refractivity (Wildman–Crippen MR) is 119 cm³/mol. The van der Waals surface area contributed by atoms with E-state index in [0.717, 1.165) is 27.5 Å². The van der Waals surface area contributed by atoms with Gasteiger partial charge >= 0.3 is 11.9 Å². The van der Waals surface area contributed by atoms with Crippen molar-refractivity contribution in [3.8, 4) is 11.1 Å². The molecule has 0 saturated carbocycles. The van der Waals surface area contributed by atoms with Gasteiger partial charge in [-0.3, -0.25) is 14.9 Å². The second-order valence-electron chi connectivity index (χ2n) is 8.01. The molecule has 3 N–H and O–H groups in total. The Balaban J connectivity index is 1.87. The van der Waals surface area contributed by atoms with Crippen LogP contribution in [0.4, 0.5) is 0 Å². The highest BCUT2D eigenvalue weighted by Crippen LogP contribution is 2.29. The van der Waals surface area contributed by atoms with Gasteiger partial charge in [-0.25, -0.2) is 0 Å². The van der Waals surface area contributed by atoms with Crippen LogP contribution in [0.1, 0.15) is 25.8 Å². The Morgan fingerprint density at radius 3 is 2.23 bits per heavy atom. The average Bonchev–Trinajstić information content (AvgIpc) is 2.72. The second-order valence-corrected chi connectivity index (χ2v) is 8.01. The number of hydrogen-bond donors (Lipinski definition) is 3. The minimum absolute atomic E-state index is 0.141. The van der Waals surface area contributed by atoms with E-state index in [0.29, 0.717) is 6.42 Å². The summed E-state index contributed by atoms with van der Waals surface area (Å²) in [5.74, 6) is -1.94. The summed E-state index contributed by atoms with van der Waals surface area (Å²) in [4.78, 5) is 23.4. The Morgan fingerprint density at radius 1 is 0.867 bits per heavy atom. The molecule has 2 atom stereocenters. The van der Waals surface area contributed by atoms with E-state index in [9.17, 15) is 19.8 Å². The number of carbonyl (C=O) groups is 2. The van der Waals surface area contributed by atoms with Gasteiger partial charge in [0.2, 0.25) is 0 Å². The Labute approximate surface area is 176 Å². The normalized spacial score (nSPS) is 13.3. The molecule has 0 bridgehead atoms. The average molecular weight is 405 g/mol. The zero-order valence-corrected chi connectivity index (χ0v) is 17.2. The van der Waals surface area contributed by atoms with Gasteiger partial charge in [-0.2, -0.15) is 0 Å². The fraction of sp³-hybridized carbons (Fsp3) is 0.280. The number of rotatable bonds is 9. The topological polar surface area (TPSA) is 86.6 Å².